The minimum absolute atomic E-state index is 0. The van der Waals surface area contributed by atoms with Crippen molar-refractivity contribution in [2.45, 2.75) is 45.2 Å². The van der Waals surface area contributed by atoms with Crippen molar-refractivity contribution in [3.05, 3.63) is 34.9 Å². The molecule has 0 fully saturated rings. The Morgan fingerprint density at radius 2 is 1.95 bits per heavy atom. The third-order valence-corrected chi connectivity index (χ3v) is 3.09. The van der Waals surface area contributed by atoms with E-state index >= 15 is 0 Å². The highest BCUT2D eigenvalue weighted by Gasteiger charge is 2.12. The SMILES string of the molecule is CCC(NC(=O)CCC(C)N)c1ccc(Cl)cc1.Cl. The first-order valence-corrected chi connectivity index (χ1v) is 6.71. The third-order valence-electron chi connectivity index (χ3n) is 2.84. The minimum Gasteiger partial charge on any atom is -0.349 e. The molecule has 0 heterocycles. The topological polar surface area (TPSA) is 55.1 Å². The predicted octanol–water partition coefficient (Wildman–Crippen LogP) is 3.46. The van der Waals surface area contributed by atoms with Crippen LogP contribution in [0.5, 0.6) is 0 Å². The number of halogens is 2. The number of amides is 1. The van der Waals surface area contributed by atoms with Gasteiger partial charge >= 0.3 is 0 Å². The number of hydrogen-bond donors (Lipinski definition) is 2. The van der Waals surface area contributed by atoms with Gasteiger partial charge in [-0.25, -0.2) is 0 Å². The van der Waals surface area contributed by atoms with E-state index in [-0.39, 0.29) is 30.4 Å². The van der Waals surface area contributed by atoms with Crippen LogP contribution in [0, 0.1) is 0 Å². The maximum Gasteiger partial charge on any atom is 0.220 e. The summed E-state index contributed by atoms with van der Waals surface area (Å²) in [5.41, 5.74) is 6.72. The van der Waals surface area contributed by atoms with Crippen molar-refractivity contribution >= 4 is 29.9 Å². The van der Waals surface area contributed by atoms with E-state index < -0.39 is 0 Å². The summed E-state index contributed by atoms with van der Waals surface area (Å²) in [5.74, 6) is 0.0501. The number of carbonyl (C=O) groups is 1. The summed E-state index contributed by atoms with van der Waals surface area (Å²) in [5, 5.41) is 3.73. The zero-order valence-electron chi connectivity index (χ0n) is 11.4. The first-order valence-electron chi connectivity index (χ1n) is 6.33. The second-order valence-corrected chi connectivity index (χ2v) is 5.03. The van der Waals surface area contributed by atoms with Crippen LogP contribution in [0.15, 0.2) is 24.3 Å². The van der Waals surface area contributed by atoms with Crippen LogP contribution in [0.4, 0.5) is 0 Å². The summed E-state index contributed by atoms with van der Waals surface area (Å²) in [7, 11) is 0. The Labute approximate surface area is 126 Å². The molecule has 0 saturated heterocycles. The maximum atomic E-state index is 11.8. The number of hydrogen-bond acceptors (Lipinski definition) is 2. The third kappa shape index (κ3) is 6.81. The van der Waals surface area contributed by atoms with Crippen LogP contribution in [0.3, 0.4) is 0 Å². The van der Waals surface area contributed by atoms with Gasteiger partial charge in [-0.3, -0.25) is 4.79 Å². The lowest BCUT2D eigenvalue weighted by Crippen LogP contribution is -2.29. The van der Waals surface area contributed by atoms with Crippen LogP contribution in [0.1, 0.15) is 44.7 Å². The number of rotatable bonds is 6. The van der Waals surface area contributed by atoms with E-state index in [0.717, 1.165) is 12.0 Å². The summed E-state index contributed by atoms with van der Waals surface area (Å²) in [6, 6.07) is 7.68. The fourth-order valence-electron chi connectivity index (χ4n) is 1.74. The Balaban J connectivity index is 0.00000324. The Bertz CT molecular complexity index is 380. The normalized spacial score (nSPS) is 13.3. The summed E-state index contributed by atoms with van der Waals surface area (Å²) in [4.78, 5) is 11.8. The fourth-order valence-corrected chi connectivity index (χ4v) is 1.87. The van der Waals surface area contributed by atoms with Gasteiger partial charge in [-0.1, -0.05) is 30.7 Å². The number of carbonyl (C=O) groups excluding carboxylic acids is 1. The Morgan fingerprint density at radius 3 is 2.42 bits per heavy atom. The second kappa shape index (κ2) is 9.18. The van der Waals surface area contributed by atoms with Crippen LogP contribution in [0.25, 0.3) is 0 Å². The highest BCUT2D eigenvalue weighted by molar-refractivity contribution is 6.30. The first-order chi connectivity index (χ1) is 8.52. The molecule has 2 atom stereocenters. The molecule has 0 radical (unpaired) electrons. The van der Waals surface area contributed by atoms with Crippen LogP contribution < -0.4 is 11.1 Å². The molecule has 0 saturated carbocycles. The number of benzene rings is 1. The van der Waals surface area contributed by atoms with E-state index in [9.17, 15) is 4.79 Å². The van der Waals surface area contributed by atoms with Gasteiger partial charge in [-0.2, -0.15) is 0 Å². The summed E-state index contributed by atoms with van der Waals surface area (Å²) < 4.78 is 0. The standard InChI is InChI=1S/C14H21ClN2O.ClH/c1-3-13(11-5-7-12(15)8-6-11)17-14(18)9-4-10(2)16;/h5-8,10,13H,3-4,9,16H2,1-2H3,(H,17,18);1H. The number of nitrogens with two attached hydrogens (primary N) is 1. The lowest BCUT2D eigenvalue weighted by molar-refractivity contribution is -0.122. The zero-order chi connectivity index (χ0) is 13.5. The molecule has 2 unspecified atom stereocenters. The van der Waals surface area contributed by atoms with E-state index in [2.05, 4.69) is 5.32 Å². The minimum atomic E-state index is 0. The van der Waals surface area contributed by atoms with E-state index in [1.165, 1.54) is 0 Å². The first kappa shape index (κ1) is 18.2. The van der Waals surface area contributed by atoms with Crippen molar-refractivity contribution in [3.63, 3.8) is 0 Å². The van der Waals surface area contributed by atoms with E-state index in [4.69, 9.17) is 17.3 Å². The molecule has 1 amide bonds. The smallest absolute Gasteiger partial charge is 0.220 e. The number of nitrogens with one attached hydrogen (secondary N) is 1. The zero-order valence-corrected chi connectivity index (χ0v) is 12.9. The molecule has 1 aromatic carbocycles. The van der Waals surface area contributed by atoms with Gasteiger partial charge in [0, 0.05) is 17.5 Å². The van der Waals surface area contributed by atoms with Gasteiger partial charge in [0.25, 0.3) is 0 Å². The Kier molecular flexibility index (Phi) is 8.81. The molecule has 5 heteroatoms. The van der Waals surface area contributed by atoms with Gasteiger partial charge in [0.05, 0.1) is 6.04 Å². The summed E-state index contributed by atoms with van der Waals surface area (Å²) in [6.45, 7) is 3.95. The van der Waals surface area contributed by atoms with Crippen LogP contribution in [0.2, 0.25) is 5.02 Å². The Morgan fingerprint density at radius 1 is 1.37 bits per heavy atom. The molecule has 0 aliphatic heterocycles. The monoisotopic (exact) mass is 304 g/mol. The highest BCUT2D eigenvalue weighted by atomic mass is 35.5. The van der Waals surface area contributed by atoms with Gasteiger partial charge in [-0.15, -0.1) is 12.4 Å². The van der Waals surface area contributed by atoms with Crippen molar-refractivity contribution in [2.24, 2.45) is 5.73 Å². The molecule has 0 spiro atoms. The summed E-state index contributed by atoms with van der Waals surface area (Å²) in [6.07, 6.45) is 2.04. The largest absolute Gasteiger partial charge is 0.349 e. The lowest BCUT2D eigenvalue weighted by atomic mass is 10.0. The molecule has 3 N–H and O–H groups in total. The average molecular weight is 305 g/mol. The van der Waals surface area contributed by atoms with Gasteiger partial charge in [0.15, 0.2) is 0 Å². The van der Waals surface area contributed by atoms with E-state index in [1.54, 1.807) is 0 Å². The fraction of sp³-hybridized carbons (Fsp3) is 0.500. The van der Waals surface area contributed by atoms with Crippen LogP contribution in [-0.4, -0.2) is 11.9 Å². The highest BCUT2D eigenvalue weighted by Crippen LogP contribution is 2.19. The Hall–Kier alpha value is -0.770. The van der Waals surface area contributed by atoms with Crippen molar-refractivity contribution in [3.8, 4) is 0 Å². The molecular weight excluding hydrogens is 283 g/mol. The molecule has 108 valence electrons. The van der Waals surface area contributed by atoms with Gasteiger partial charge < -0.3 is 11.1 Å². The van der Waals surface area contributed by atoms with Crippen molar-refractivity contribution in [2.75, 3.05) is 0 Å². The van der Waals surface area contributed by atoms with Gasteiger partial charge in [0.1, 0.15) is 0 Å². The van der Waals surface area contributed by atoms with Gasteiger partial charge in [-0.05, 0) is 37.5 Å². The molecule has 1 rings (SSSR count). The quantitative estimate of drug-likeness (QED) is 0.845. The van der Waals surface area contributed by atoms with Crippen molar-refractivity contribution in [1.29, 1.82) is 0 Å². The van der Waals surface area contributed by atoms with Crippen molar-refractivity contribution in [1.82, 2.24) is 5.32 Å². The molecule has 1 aromatic rings. The molecular formula is C14H22Cl2N2O. The van der Waals surface area contributed by atoms with Crippen molar-refractivity contribution < 1.29 is 4.79 Å². The van der Waals surface area contributed by atoms with Crippen LogP contribution in [-0.2, 0) is 4.79 Å². The molecule has 3 nitrogen and oxygen atoms in total. The van der Waals surface area contributed by atoms with Gasteiger partial charge in [0.2, 0.25) is 5.91 Å². The molecule has 0 aliphatic carbocycles. The van der Waals surface area contributed by atoms with E-state index in [1.807, 2.05) is 38.1 Å². The lowest BCUT2D eigenvalue weighted by Gasteiger charge is -2.18. The van der Waals surface area contributed by atoms with Crippen LogP contribution >= 0.6 is 24.0 Å². The van der Waals surface area contributed by atoms with E-state index in [0.29, 0.717) is 17.9 Å². The predicted molar refractivity (Wildman–Crippen MR) is 82.8 cm³/mol. The molecule has 0 aromatic heterocycles. The summed E-state index contributed by atoms with van der Waals surface area (Å²) >= 11 is 5.85. The molecule has 0 aliphatic rings. The molecule has 19 heavy (non-hydrogen) atoms. The molecule has 0 bridgehead atoms. The average Bonchev–Trinajstić information content (AvgIpc) is 2.34. The maximum absolute atomic E-state index is 11.8. The second-order valence-electron chi connectivity index (χ2n) is 4.60.